The van der Waals surface area contributed by atoms with Gasteiger partial charge in [-0.25, -0.2) is 0 Å². The molecule has 6 heteroatoms. The molecule has 0 amide bonds. The summed E-state index contributed by atoms with van der Waals surface area (Å²) in [6.45, 7) is 1.83. The van der Waals surface area contributed by atoms with Crippen molar-refractivity contribution in [1.29, 1.82) is 0 Å². The molecule has 1 aromatic carbocycles. The molecule has 1 unspecified atom stereocenters. The average Bonchev–Trinajstić information content (AvgIpc) is 2.01. The Morgan fingerprint density at radius 3 is 2.43 bits per heavy atom. The molecule has 1 aromatic rings. The highest BCUT2D eigenvalue weighted by molar-refractivity contribution is 9.10. The molecule has 0 spiro atoms. The summed E-state index contributed by atoms with van der Waals surface area (Å²) in [5, 5.41) is 9.26. The van der Waals surface area contributed by atoms with Crippen molar-refractivity contribution < 1.29 is 18.1 Å². The average molecular weight is 281 g/mol. The smallest absolute Gasteiger partial charge is 0.296 e. The number of benzene rings is 1. The Kier molecular flexibility index (Phi) is 3.31. The van der Waals surface area contributed by atoms with Gasteiger partial charge in [0, 0.05) is 10.0 Å². The highest BCUT2D eigenvalue weighted by Crippen LogP contribution is 2.27. The number of aliphatic hydroxyl groups excluding tert-OH is 1. The zero-order chi connectivity index (χ0) is 10.9. The van der Waals surface area contributed by atoms with Crippen LogP contribution >= 0.6 is 15.9 Å². The van der Waals surface area contributed by atoms with Gasteiger partial charge in [-0.15, -0.1) is 0 Å². The minimum absolute atomic E-state index is 0.123. The van der Waals surface area contributed by atoms with Crippen LogP contribution in [0.2, 0.25) is 0 Å². The summed E-state index contributed by atoms with van der Waals surface area (Å²) in [5.74, 6) is 0. The fraction of sp³-hybridized carbons (Fsp3) is 0.250. The van der Waals surface area contributed by atoms with Crippen LogP contribution in [-0.4, -0.2) is 18.1 Å². The molecule has 2 N–H and O–H groups in total. The number of hydrogen-bond acceptors (Lipinski definition) is 3. The molecule has 0 radical (unpaired) electrons. The second kappa shape index (κ2) is 3.98. The monoisotopic (exact) mass is 280 g/mol. The molecule has 1 rings (SSSR count). The SMILES string of the molecule is Cc1ccc(C(O)S(=O)(=O)O)c(Br)c1. The molecule has 0 bridgehead atoms. The van der Waals surface area contributed by atoms with Gasteiger partial charge in [0.15, 0.2) is 0 Å². The van der Waals surface area contributed by atoms with Crippen LogP contribution in [-0.2, 0) is 10.1 Å². The summed E-state index contributed by atoms with van der Waals surface area (Å²) >= 11 is 3.10. The van der Waals surface area contributed by atoms with Crippen LogP contribution in [0.15, 0.2) is 22.7 Å². The van der Waals surface area contributed by atoms with Crippen LogP contribution in [0, 0.1) is 6.92 Å². The van der Waals surface area contributed by atoms with E-state index in [0.717, 1.165) is 5.56 Å². The van der Waals surface area contributed by atoms with Crippen LogP contribution in [0.1, 0.15) is 16.6 Å². The van der Waals surface area contributed by atoms with E-state index in [1.807, 2.05) is 6.92 Å². The van der Waals surface area contributed by atoms with Crippen molar-refractivity contribution in [1.82, 2.24) is 0 Å². The van der Waals surface area contributed by atoms with Crippen molar-refractivity contribution in [2.75, 3.05) is 0 Å². The summed E-state index contributed by atoms with van der Waals surface area (Å²) in [6.07, 6.45) is 0. The molecule has 4 nitrogen and oxygen atoms in total. The summed E-state index contributed by atoms with van der Waals surface area (Å²) in [5.41, 5.74) is -0.862. The number of aliphatic hydroxyl groups is 1. The maximum atomic E-state index is 10.7. The summed E-state index contributed by atoms with van der Waals surface area (Å²) in [4.78, 5) is 0. The second-order valence-electron chi connectivity index (χ2n) is 2.89. The molecule has 0 saturated carbocycles. The standard InChI is InChI=1S/C8H9BrO4S/c1-5-2-3-6(7(9)4-5)8(10)14(11,12)13/h2-4,8,10H,1H3,(H,11,12,13). The van der Waals surface area contributed by atoms with Crippen molar-refractivity contribution in [2.45, 2.75) is 12.4 Å². The predicted octanol–water partition coefficient (Wildman–Crippen LogP) is 1.64. The number of aryl methyl sites for hydroxylation is 1. The Morgan fingerprint density at radius 1 is 1.43 bits per heavy atom. The van der Waals surface area contributed by atoms with Crippen LogP contribution in [0.5, 0.6) is 0 Å². The van der Waals surface area contributed by atoms with Crippen LogP contribution in [0.3, 0.4) is 0 Å². The fourth-order valence-electron chi connectivity index (χ4n) is 0.993. The third-order valence-electron chi connectivity index (χ3n) is 1.70. The summed E-state index contributed by atoms with van der Waals surface area (Å²) < 4.78 is 30.4. The number of hydrogen-bond donors (Lipinski definition) is 2. The van der Waals surface area contributed by atoms with Crippen LogP contribution in [0.25, 0.3) is 0 Å². The van der Waals surface area contributed by atoms with Gasteiger partial charge in [-0.05, 0) is 18.6 Å². The third-order valence-corrected chi connectivity index (χ3v) is 3.21. The van der Waals surface area contributed by atoms with Gasteiger partial charge in [-0.3, -0.25) is 4.55 Å². The topological polar surface area (TPSA) is 74.6 Å². The molecule has 1 atom stereocenters. The lowest BCUT2D eigenvalue weighted by Crippen LogP contribution is -2.11. The highest BCUT2D eigenvalue weighted by atomic mass is 79.9. The van der Waals surface area contributed by atoms with E-state index in [4.69, 9.17) is 4.55 Å². The molecule has 78 valence electrons. The maximum absolute atomic E-state index is 10.7. The zero-order valence-corrected chi connectivity index (χ0v) is 9.71. The van der Waals surface area contributed by atoms with Gasteiger partial charge < -0.3 is 5.11 Å². The lowest BCUT2D eigenvalue weighted by atomic mass is 10.2. The zero-order valence-electron chi connectivity index (χ0n) is 7.31. The van der Waals surface area contributed by atoms with Crippen LogP contribution < -0.4 is 0 Å². The van der Waals surface area contributed by atoms with Crippen molar-refractivity contribution in [3.63, 3.8) is 0 Å². The largest absolute Gasteiger partial charge is 0.371 e. The number of rotatable bonds is 2. The molecule has 0 saturated heterocycles. The fourth-order valence-corrected chi connectivity index (χ4v) is 2.38. The highest BCUT2D eigenvalue weighted by Gasteiger charge is 2.23. The molecule has 0 fully saturated rings. The molecule has 0 aliphatic heterocycles. The Morgan fingerprint density at radius 2 is 2.00 bits per heavy atom. The second-order valence-corrected chi connectivity index (χ2v) is 5.22. The van der Waals surface area contributed by atoms with E-state index in [1.54, 1.807) is 12.1 Å². The minimum atomic E-state index is -4.47. The summed E-state index contributed by atoms with van der Waals surface area (Å²) in [6, 6.07) is 4.75. The van der Waals surface area contributed by atoms with Gasteiger partial charge in [-0.2, -0.15) is 8.42 Å². The molecule has 0 heterocycles. The first-order valence-corrected chi connectivity index (χ1v) is 6.02. The van der Waals surface area contributed by atoms with Gasteiger partial charge in [0.2, 0.25) is 5.44 Å². The predicted molar refractivity (Wildman–Crippen MR) is 55.4 cm³/mol. The summed E-state index contributed by atoms with van der Waals surface area (Å²) in [7, 11) is -4.47. The van der Waals surface area contributed by atoms with E-state index < -0.39 is 15.6 Å². The molecule has 0 aliphatic rings. The van der Waals surface area contributed by atoms with Crippen LogP contribution in [0.4, 0.5) is 0 Å². The Hall–Kier alpha value is -0.430. The van der Waals surface area contributed by atoms with Crippen molar-refractivity contribution in [3.05, 3.63) is 33.8 Å². The van der Waals surface area contributed by atoms with E-state index in [1.165, 1.54) is 6.07 Å². The normalized spacial score (nSPS) is 14.0. The molecule has 14 heavy (non-hydrogen) atoms. The Bertz CT molecular complexity index is 441. The van der Waals surface area contributed by atoms with Gasteiger partial charge >= 0.3 is 0 Å². The van der Waals surface area contributed by atoms with Crippen molar-refractivity contribution in [2.24, 2.45) is 0 Å². The first-order chi connectivity index (χ1) is 6.32. The molecule has 0 aromatic heterocycles. The molecular formula is C8H9BrO4S. The molecule has 0 aliphatic carbocycles. The lowest BCUT2D eigenvalue weighted by Gasteiger charge is -2.09. The lowest BCUT2D eigenvalue weighted by molar-refractivity contribution is 0.237. The van der Waals surface area contributed by atoms with Crippen molar-refractivity contribution in [3.8, 4) is 0 Å². The first-order valence-electron chi connectivity index (χ1n) is 3.73. The Labute approximate surface area is 90.5 Å². The van der Waals surface area contributed by atoms with Gasteiger partial charge in [-0.1, -0.05) is 28.1 Å². The molecular weight excluding hydrogens is 272 g/mol. The van der Waals surface area contributed by atoms with Crippen molar-refractivity contribution >= 4 is 26.0 Å². The quantitative estimate of drug-likeness (QED) is 0.808. The minimum Gasteiger partial charge on any atom is -0.371 e. The maximum Gasteiger partial charge on any atom is 0.296 e. The van der Waals surface area contributed by atoms with Gasteiger partial charge in [0.25, 0.3) is 10.1 Å². The van der Waals surface area contributed by atoms with E-state index in [2.05, 4.69) is 15.9 Å². The van der Waals surface area contributed by atoms with E-state index in [0.29, 0.717) is 4.47 Å². The van der Waals surface area contributed by atoms with E-state index in [9.17, 15) is 13.5 Å². The first kappa shape index (κ1) is 11.6. The van der Waals surface area contributed by atoms with E-state index in [-0.39, 0.29) is 5.56 Å². The van der Waals surface area contributed by atoms with Gasteiger partial charge in [0.1, 0.15) is 0 Å². The number of halogens is 1. The Balaban J connectivity index is 3.21. The van der Waals surface area contributed by atoms with Gasteiger partial charge in [0.05, 0.1) is 0 Å². The van der Waals surface area contributed by atoms with E-state index >= 15 is 0 Å². The third kappa shape index (κ3) is 2.54.